The Morgan fingerprint density at radius 1 is 0.970 bits per heavy atom. The maximum absolute atomic E-state index is 13.7. The van der Waals surface area contributed by atoms with Gasteiger partial charge in [0.05, 0.1) is 26.0 Å². The normalized spacial score (nSPS) is 15.0. The summed E-state index contributed by atoms with van der Waals surface area (Å²) in [6.45, 7) is 2.02. The van der Waals surface area contributed by atoms with Gasteiger partial charge in [-0.25, -0.2) is 0 Å². The zero-order chi connectivity index (χ0) is 23.1. The third kappa shape index (κ3) is 3.52. The number of carbonyl (C=O) groups excluding carboxylic acids is 1. The summed E-state index contributed by atoms with van der Waals surface area (Å²) in [6, 6.07) is 20.5. The minimum absolute atomic E-state index is 0.149. The summed E-state index contributed by atoms with van der Waals surface area (Å²) in [6.07, 6.45) is 0. The van der Waals surface area contributed by atoms with Gasteiger partial charge < -0.3 is 9.47 Å². The van der Waals surface area contributed by atoms with Gasteiger partial charge in [-0.05, 0) is 43.3 Å². The van der Waals surface area contributed by atoms with E-state index in [1.807, 2.05) is 73.7 Å². The smallest absolute Gasteiger partial charge is 0.277 e. The number of nitrogens with one attached hydrogen (secondary N) is 1. The van der Waals surface area contributed by atoms with E-state index in [1.165, 1.54) is 0 Å². The molecule has 7 heteroatoms. The molecule has 1 amide bonds. The molecule has 0 saturated heterocycles. The second-order valence-corrected chi connectivity index (χ2v) is 8.33. The zero-order valence-electron chi connectivity index (χ0n) is 18.4. The van der Waals surface area contributed by atoms with Gasteiger partial charge in [-0.15, -0.1) is 0 Å². The van der Waals surface area contributed by atoms with E-state index < -0.39 is 6.04 Å². The van der Waals surface area contributed by atoms with Gasteiger partial charge in [0.15, 0.2) is 0 Å². The van der Waals surface area contributed by atoms with E-state index in [-0.39, 0.29) is 5.91 Å². The van der Waals surface area contributed by atoms with Crippen LogP contribution in [0.2, 0.25) is 5.02 Å². The molecule has 2 heterocycles. The topological polar surface area (TPSA) is 67.5 Å². The minimum atomic E-state index is -0.444. The summed E-state index contributed by atoms with van der Waals surface area (Å²) in [5, 5.41) is 8.13. The average molecular weight is 460 g/mol. The van der Waals surface area contributed by atoms with Crippen molar-refractivity contribution in [3.63, 3.8) is 0 Å². The van der Waals surface area contributed by atoms with Crippen LogP contribution < -0.4 is 14.4 Å². The molecule has 5 rings (SSSR count). The van der Waals surface area contributed by atoms with Crippen LogP contribution >= 0.6 is 11.6 Å². The highest BCUT2D eigenvalue weighted by atomic mass is 35.5. The minimum Gasteiger partial charge on any atom is -0.497 e. The number of H-pyrrole nitrogens is 1. The molecule has 33 heavy (non-hydrogen) atoms. The summed E-state index contributed by atoms with van der Waals surface area (Å²) in [5.74, 6) is 1.15. The molecule has 6 nitrogen and oxygen atoms in total. The second kappa shape index (κ2) is 8.30. The standard InChI is InChI=1S/C26H22ClN3O3/c1-15-4-10-18(11-5-15)30-25(20-13-12-19(32-2)14-21(20)33-3)22-23(28-29-24(22)26(30)31)16-6-8-17(27)9-7-16/h4-14,25H,1-3H3,(H,28,29)/t25-/m0/s1. The van der Waals surface area contributed by atoms with Crippen molar-refractivity contribution in [2.24, 2.45) is 0 Å². The van der Waals surface area contributed by atoms with Gasteiger partial charge in [0, 0.05) is 33.5 Å². The first kappa shape index (κ1) is 21.1. The highest BCUT2D eigenvalue weighted by Gasteiger charge is 2.44. The fourth-order valence-electron chi connectivity index (χ4n) is 4.29. The molecular formula is C26H22ClN3O3. The lowest BCUT2D eigenvalue weighted by molar-refractivity contribution is 0.0988. The number of benzene rings is 3. The first-order chi connectivity index (χ1) is 16.0. The summed E-state index contributed by atoms with van der Waals surface area (Å²) in [7, 11) is 3.22. The van der Waals surface area contributed by atoms with E-state index in [4.69, 9.17) is 21.1 Å². The van der Waals surface area contributed by atoms with Crippen LogP contribution in [0.1, 0.15) is 33.2 Å². The number of carbonyl (C=O) groups is 1. The molecule has 1 aliphatic rings. The number of fused-ring (bicyclic) bond motifs is 1. The van der Waals surface area contributed by atoms with E-state index in [0.29, 0.717) is 27.9 Å². The molecule has 1 atom stereocenters. The molecule has 3 aromatic carbocycles. The number of aryl methyl sites for hydroxylation is 1. The van der Waals surface area contributed by atoms with Gasteiger partial charge >= 0.3 is 0 Å². The van der Waals surface area contributed by atoms with Crippen LogP contribution in [-0.4, -0.2) is 30.3 Å². The van der Waals surface area contributed by atoms with E-state index in [2.05, 4.69) is 10.2 Å². The summed E-state index contributed by atoms with van der Waals surface area (Å²) >= 11 is 6.10. The molecule has 4 aromatic rings. The Hall–Kier alpha value is -3.77. The van der Waals surface area contributed by atoms with Gasteiger partial charge in [-0.1, -0.05) is 41.4 Å². The Morgan fingerprint density at radius 3 is 2.36 bits per heavy atom. The second-order valence-electron chi connectivity index (χ2n) is 7.89. The third-order valence-corrected chi connectivity index (χ3v) is 6.19. The molecule has 0 fully saturated rings. The van der Waals surface area contributed by atoms with Gasteiger partial charge in [-0.3, -0.25) is 14.8 Å². The number of anilines is 1. The first-order valence-electron chi connectivity index (χ1n) is 10.5. The number of hydrogen-bond donors (Lipinski definition) is 1. The Morgan fingerprint density at radius 2 is 1.70 bits per heavy atom. The molecule has 0 unspecified atom stereocenters. The van der Waals surface area contributed by atoms with Crippen LogP contribution in [-0.2, 0) is 0 Å². The lowest BCUT2D eigenvalue weighted by Gasteiger charge is -2.28. The Bertz CT molecular complexity index is 1330. The molecule has 0 saturated carbocycles. The van der Waals surface area contributed by atoms with Crippen LogP contribution in [0.5, 0.6) is 11.5 Å². The number of nitrogens with zero attached hydrogens (tertiary/aromatic N) is 2. The van der Waals surface area contributed by atoms with Gasteiger partial charge in [0.25, 0.3) is 5.91 Å². The van der Waals surface area contributed by atoms with Crippen molar-refractivity contribution >= 4 is 23.2 Å². The maximum Gasteiger partial charge on any atom is 0.277 e. The Kier molecular flexibility index (Phi) is 5.30. The number of aromatic amines is 1. The molecule has 0 bridgehead atoms. The SMILES string of the molecule is COc1ccc([C@H]2c3c(-c4ccc(Cl)cc4)n[nH]c3C(=O)N2c2ccc(C)cc2)c(OC)c1. The average Bonchev–Trinajstić information content (AvgIpc) is 3.39. The number of methoxy groups -OCH3 is 2. The predicted molar refractivity (Wildman–Crippen MR) is 128 cm³/mol. The molecule has 0 aliphatic carbocycles. The highest BCUT2D eigenvalue weighted by molar-refractivity contribution is 6.30. The predicted octanol–water partition coefficient (Wildman–Crippen LogP) is 5.81. The number of aromatic nitrogens is 2. The van der Waals surface area contributed by atoms with Crippen molar-refractivity contribution in [1.29, 1.82) is 0 Å². The zero-order valence-corrected chi connectivity index (χ0v) is 19.2. The molecule has 166 valence electrons. The van der Waals surface area contributed by atoms with Crippen LogP contribution in [0, 0.1) is 6.92 Å². The van der Waals surface area contributed by atoms with E-state index >= 15 is 0 Å². The quantitative estimate of drug-likeness (QED) is 0.409. The highest BCUT2D eigenvalue weighted by Crippen LogP contribution is 2.47. The first-order valence-corrected chi connectivity index (χ1v) is 10.9. The van der Waals surface area contributed by atoms with Gasteiger partial charge in [-0.2, -0.15) is 5.10 Å². The summed E-state index contributed by atoms with van der Waals surface area (Å²) in [5.41, 5.74) is 5.57. The van der Waals surface area contributed by atoms with Crippen molar-refractivity contribution in [3.8, 4) is 22.8 Å². The maximum atomic E-state index is 13.7. The number of ether oxygens (including phenoxy) is 2. The van der Waals surface area contributed by atoms with E-state index in [9.17, 15) is 4.79 Å². The van der Waals surface area contributed by atoms with Crippen LogP contribution in [0.15, 0.2) is 66.7 Å². The van der Waals surface area contributed by atoms with Crippen LogP contribution in [0.4, 0.5) is 5.69 Å². The molecular weight excluding hydrogens is 438 g/mol. The van der Waals surface area contributed by atoms with Gasteiger partial charge in [0.2, 0.25) is 0 Å². The molecule has 1 N–H and O–H groups in total. The van der Waals surface area contributed by atoms with Crippen molar-refractivity contribution in [2.45, 2.75) is 13.0 Å². The van der Waals surface area contributed by atoms with E-state index in [1.54, 1.807) is 19.1 Å². The van der Waals surface area contributed by atoms with Gasteiger partial charge in [0.1, 0.15) is 17.2 Å². The fourth-order valence-corrected chi connectivity index (χ4v) is 4.41. The Balaban J connectivity index is 1.74. The third-order valence-electron chi connectivity index (χ3n) is 5.93. The largest absolute Gasteiger partial charge is 0.497 e. The van der Waals surface area contributed by atoms with E-state index in [0.717, 1.165) is 27.9 Å². The number of amides is 1. The van der Waals surface area contributed by atoms with Crippen molar-refractivity contribution in [1.82, 2.24) is 10.2 Å². The number of hydrogen-bond acceptors (Lipinski definition) is 4. The monoisotopic (exact) mass is 459 g/mol. The van der Waals surface area contributed by atoms with Crippen LogP contribution in [0.3, 0.4) is 0 Å². The number of rotatable bonds is 5. The molecule has 1 aliphatic heterocycles. The molecule has 0 radical (unpaired) electrons. The Labute approximate surface area is 196 Å². The summed E-state index contributed by atoms with van der Waals surface area (Å²) < 4.78 is 11.1. The fraction of sp³-hybridized carbons (Fsp3) is 0.154. The molecule has 1 aromatic heterocycles. The van der Waals surface area contributed by atoms with Crippen molar-refractivity contribution in [2.75, 3.05) is 19.1 Å². The van der Waals surface area contributed by atoms with Crippen LogP contribution in [0.25, 0.3) is 11.3 Å². The van der Waals surface area contributed by atoms with Crippen molar-refractivity contribution < 1.29 is 14.3 Å². The lowest BCUT2D eigenvalue weighted by Crippen LogP contribution is -2.29. The lowest BCUT2D eigenvalue weighted by atomic mass is 9.95. The summed E-state index contributed by atoms with van der Waals surface area (Å²) in [4.78, 5) is 15.4. The van der Waals surface area contributed by atoms with Crippen molar-refractivity contribution in [3.05, 3.63) is 94.1 Å². The number of halogens is 1. The molecule has 0 spiro atoms.